The first-order chi connectivity index (χ1) is 9.45. The maximum atomic E-state index is 11.7. The van der Waals surface area contributed by atoms with Crippen LogP contribution in [0, 0.1) is 0 Å². The van der Waals surface area contributed by atoms with Gasteiger partial charge in [-0.3, -0.25) is 0 Å². The molecule has 0 unspecified atom stereocenters. The Morgan fingerprint density at radius 2 is 1.75 bits per heavy atom. The number of rotatable bonds is 5. The number of hydrogen-bond acceptors (Lipinski definition) is 4. The fraction of sp³-hybridized carbons (Fsp3) is 0.600. The van der Waals surface area contributed by atoms with Gasteiger partial charge in [0.1, 0.15) is 0 Å². The lowest BCUT2D eigenvalue weighted by molar-refractivity contribution is 0.311. The van der Waals surface area contributed by atoms with E-state index in [1.807, 2.05) is 12.1 Å². The summed E-state index contributed by atoms with van der Waals surface area (Å²) in [4.78, 5) is 0.380. The van der Waals surface area contributed by atoms with Gasteiger partial charge >= 0.3 is 0 Å². The molecule has 1 saturated carbocycles. The molecule has 0 spiro atoms. The van der Waals surface area contributed by atoms with Gasteiger partial charge in [-0.2, -0.15) is 0 Å². The lowest BCUT2D eigenvalue weighted by atomic mass is 9.82. The van der Waals surface area contributed by atoms with E-state index in [2.05, 4.69) is 5.32 Å². The predicted octanol–water partition coefficient (Wildman–Crippen LogP) is 2.55. The monoisotopic (exact) mass is 296 g/mol. The third-order valence-electron chi connectivity index (χ3n) is 4.09. The summed E-state index contributed by atoms with van der Waals surface area (Å²) in [5, 5.41) is 3.33. The van der Waals surface area contributed by atoms with Gasteiger partial charge in [0.05, 0.1) is 10.6 Å². The van der Waals surface area contributed by atoms with Gasteiger partial charge in [-0.25, -0.2) is 8.42 Å². The zero-order chi connectivity index (χ0) is 14.6. The fourth-order valence-electron chi connectivity index (χ4n) is 2.66. The van der Waals surface area contributed by atoms with E-state index in [-0.39, 0.29) is 11.3 Å². The summed E-state index contributed by atoms with van der Waals surface area (Å²) in [5.41, 5.74) is 7.18. The van der Waals surface area contributed by atoms with Crippen molar-refractivity contribution >= 4 is 15.5 Å². The van der Waals surface area contributed by atoms with E-state index in [0.29, 0.717) is 4.90 Å². The van der Waals surface area contributed by atoms with Gasteiger partial charge in [0.15, 0.2) is 9.84 Å². The summed E-state index contributed by atoms with van der Waals surface area (Å²) >= 11 is 0. The first kappa shape index (κ1) is 15.3. The zero-order valence-electron chi connectivity index (χ0n) is 12.1. The third kappa shape index (κ3) is 3.73. The quantitative estimate of drug-likeness (QED) is 0.876. The largest absolute Gasteiger partial charge is 0.383 e. The van der Waals surface area contributed by atoms with E-state index in [0.717, 1.165) is 25.1 Å². The molecule has 0 radical (unpaired) electrons. The van der Waals surface area contributed by atoms with Crippen molar-refractivity contribution in [3.63, 3.8) is 0 Å². The Hall–Kier alpha value is -1.07. The van der Waals surface area contributed by atoms with Gasteiger partial charge in [0.2, 0.25) is 0 Å². The third-order valence-corrected chi connectivity index (χ3v) is 5.84. The van der Waals surface area contributed by atoms with Gasteiger partial charge in [-0.1, -0.05) is 26.2 Å². The minimum Gasteiger partial charge on any atom is -0.383 e. The number of nitrogens with one attached hydrogen (secondary N) is 1. The molecule has 20 heavy (non-hydrogen) atoms. The molecular formula is C15H24N2O2S. The summed E-state index contributed by atoms with van der Waals surface area (Å²) < 4.78 is 23.5. The maximum Gasteiger partial charge on any atom is 0.178 e. The van der Waals surface area contributed by atoms with E-state index in [1.165, 1.54) is 19.3 Å². The lowest BCUT2D eigenvalue weighted by Crippen LogP contribution is -2.47. The summed E-state index contributed by atoms with van der Waals surface area (Å²) in [6.07, 6.45) is 5.80. The Kier molecular flexibility index (Phi) is 4.70. The van der Waals surface area contributed by atoms with E-state index in [9.17, 15) is 8.42 Å². The van der Waals surface area contributed by atoms with Crippen molar-refractivity contribution in [1.29, 1.82) is 0 Å². The molecule has 0 bridgehead atoms. The Morgan fingerprint density at radius 1 is 1.15 bits per heavy atom. The normalized spacial score (nSPS) is 18.7. The highest BCUT2D eigenvalue weighted by atomic mass is 32.2. The molecule has 0 heterocycles. The van der Waals surface area contributed by atoms with Crippen LogP contribution in [0.3, 0.4) is 0 Å². The summed E-state index contributed by atoms with van der Waals surface area (Å²) in [7, 11) is -3.11. The molecule has 0 atom stereocenters. The molecule has 1 aliphatic carbocycles. The van der Waals surface area contributed by atoms with Crippen LogP contribution in [0.5, 0.6) is 0 Å². The first-order valence-electron chi connectivity index (χ1n) is 7.31. The van der Waals surface area contributed by atoms with Crippen molar-refractivity contribution in [1.82, 2.24) is 0 Å². The molecule has 112 valence electrons. The van der Waals surface area contributed by atoms with Gasteiger partial charge < -0.3 is 11.1 Å². The lowest BCUT2D eigenvalue weighted by Gasteiger charge is -2.33. The van der Waals surface area contributed by atoms with Crippen molar-refractivity contribution in [2.24, 2.45) is 5.73 Å². The molecule has 5 heteroatoms. The van der Waals surface area contributed by atoms with Gasteiger partial charge in [-0.15, -0.1) is 0 Å². The van der Waals surface area contributed by atoms with E-state index >= 15 is 0 Å². The van der Waals surface area contributed by atoms with Gasteiger partial charge in [-0.05, 0) is 37.1 Å². The minimum absolute atomic E-state index is 0.119. The number of sulfone groups is 1. The molecule has 3 N–H and O–H groups in total. The van der Waals surface area contributed by atoms with Crippen molar-refractivity contribution in [3.8, 4) is 0 Å². The van der Waals surface area contributed by atoms with Gasteiger partial charge in [0, 0.05) is 17.8 Å². The highest BCUT2D eigenvalue weighted by Crippen LogP contribution is 2.26. The van der Waals surface area contributed by atoms with Crippen LogP contribution in [0.1, 0.15) is 39.0 Å². The van der Waals surface area contributed by atoms with E-state index in [1.54, 1.807) is 19.1 Å². The molecule has 1 fully saturated rings. The van der Waals surface area contributed by atoms with E-state index in [4.69, 9.17) is 5.73 Å². The molecular weight excluding hydrogens is 272 g/mol. The average Bonchev–Trinajstić information content (AvgIpc) is 2.46. The molecule has 2 rings (SSSR count). The zero-order valence-corrected chi connectivity index (χ0v) is 12.9. The molecule has 0 amide bonds. The molecule has 0 aliphatic heterocycles. The summed E-state index contributed by atoms with van der Waals surface area (Å²) in [6.45, 7) is 2.40. The van der Waals surface area contributed by atoms with Crippen LogP contribution in [0.4, 0.5) is 5.69 Å². The maximum absolute atomic E-state index is 11.7. The van der Waals surface area contributed by atoms with Crippen LogP contribution in [0.25, 0.3) is 0 Å². The standard InChI is InChI=1S/C15H24N2O2S/c1-2-20(18,19)14-8-6-13(7-9-14)17-12-15(16)10-4-3-5-11-15/h6-9,17H,2-5,10-12,16H2,1H3. The highest BCUT2D eigenvalue weighted by molar-refractivity contribution is 7.91. The Balaban J connectivity index is 1.97. The van der Waals surface area contributed by atoms with Crippen molar-refractivity contribution in [2.45, 2.75) is 49.5 Å². The smallest absolute Gasteiger partial charge is 0.178 e. The van der Waals surface area contributed by atoms with Crippen LogP contribution in [-0.4, -0.2) is 26.3 Å². The first-order valence-corrected chi connectivity index (χ1v) is 8.96. The SMILES string of the molecule is CCS(=O)(=O)c1ccc(NCC2(N)CCCCC2)cc1. The molecule has 0 aromatic heterocycles. The molecule has 1 aliphatic rings. The number of anilines is 1. The second-order valence-electron chi connectivity index (χ2n) is 5.70. The summed E-state index contributed by atoms with van der Waals surface area (Å²) in [6, 6.07) is 6.94. The Morgan fingerprint density at radius 3 is 2.30 bits per heavy atom. The fourth-order valence-corrected chi connectivity index (χ4v) is 3.54. The van der Waals surface area contributed by atoms with Crippen LogP contribution in [-0.2, 0) is 9.84 Å². The van der Waals surface area contributed by atoms with Crippen LogP contribution in [0.15, 0.2) is 29.2 Å². The molecule has 1 aromatic carbocycles. The van der Waals surface area contributed by atoms with E-state index < -0.39 is 9.84 Å². The van der Waals surface area contributed by atoms with Crippen LogP contribution >= 0.6 is 0 Å². The number of nitrogens with two attached hydrogens (primary N) is 1. The van der Waals surface area contributed by atoms with Crippen LogP contribution in [0.2, 0.25) is 0 Å². The second-order valence-corrected chi connectivity index (χ2v) is 7.98. The van der Waals surface area contributed by atoms with Crippen molar-refractivity contribution in [2.75, 3.05) is 17.6 Å². The van der Waals surface area contributed by atoms with Crippen molar-refractivity contribution < 1.29 is 8.42 Å². The average molecular weight is 296 g/mol. The number of hydrogen-bond donors (Lipinski definition) is 2. The topological polar surface area (TPSA) is 72.2 Å². The molecule has 4 nitrogen and oxygen atoms in total. The van der Waals surface area contributed by atoms with Gasteiger partial charge in [0.25, 0.3) is 0 Å². The second kappa shape index (κ2) is 6.14. The molecule has 1 aromatic rings. The highest BCUT2D eigenvalue weighted by Gasteiger charge is 2.26. The predicted molar refractivity (Wildman–Crippen MR) is 82.7 cm³/mol. The number of benzene rings is 1. The van der Waals surface area contributed by atoms with Crippen LogP contribution < -0.4 is 11.1 Å². The Bertz CT molecular complexity index is 531. The minimum atomic E-state index is -3.11. The Labute approximate surface area is 121 Å². The molecule has 0 saturated heterocycles. The van der Waals surface area contributed by atoms with Crippen molar-refractivity contribution in [3.05, 3.63) is 24.3 Å². The summed E-state index contributed by atoms with van der Waals surface area (Å²) in [5.74, 6) is 0.131.